The highest BCUT2D eigenvalue weighted by Crippen LogP contribution is 2.11. The molecule has 3 heteroatoms. The Kier molecular flexibility index (Phi) is 4.19. The fraction of sp³-hybridized carbons (Fsp3) is 0.538. The molecule has 1 heterocycles. The standard InChI is InChI=1S/C13H20N2O/c16-13-5-1-3-11(9-13)6-8-15-12-4-2-7-14-10-12/h1,3,5,9,12,14-16H,2,4,6-8,10H2. The first kappa shape index (κ1) is 11.4. The van der Waals surface area contributed by atoms with Crippen molar-refractivity contribution in [1.82, 2.24) is 10.6 Å². The van der Waals surface area contributed by atoms with Gasteiger partial charge in [0.1, 0.15) is 5.75 Å². The molecule has 0 amide bonds. The topological polar surface area (TPSA) is 44.3 Å². The van der Waals surface area contributed by atoms with Gasteiger partial charge in [-0.15, -0.1) is 0 Å². The molecular formula is C13H20N2O. The predicted octanol–water partition coefficient (Wildman–Crippen LogP) is 1.28. The second-order valence-corrected chi connectivity index (χ2v) is 4.42. The molecule has 1 fully saturated rings. The van der Waals surface area contributed by atoms with Gasteiger partial charge in [0.2, 0.25) is 0 Å². The monoisotopic (exact) mass is 220 g/mol. The smallest absolute Gasteiger partial charge is 0.115 e. The highest BCUT2D eigenvalue weighted by molar-refractivity contribution is 5.27. The van der Waals surface area contributed by atoms with Crippen molar-refractivity contribution in [2.45, 2.75) is 25.3 Å². The number of hydrogen-bond donors (Lipinski definition) is 3. The third-order valence-corrected chi connectivity index (χ3v) is 3.05. The van der Waals surface area contributed by atoms with E-state index in [1.165, 1.54) is 18.4 Å². The van der Waals surface area contributed by atoms with Crippen molar-refractivity contribution >= 4 is 0 Å². The van der Waals surface area contributed by atoms with Crippen LogP contribution in [0.2, 0.25) is 0 Å². The van der Waals surface area contributed by atoms with Crippen LogP contribution in [0.25, 0.3) is 0 Å². The van der Waals surface area contributed by atoms with Gasteiger partial charge in [0.05, 0.1) is 0 Å². The lowest BCUT2D eigenvalue weighted by molar-refractivity contribution is 0.392. The number of benzene rings is 1. The largest absolute Gasteiger partial charge is 0.508 e. The zero-order valence-electron chi connectivity index (χ0n) is 9.58. The quantitative estimate of drug-likeness (QED) is 0.716. The molecule has 1 saturated heterocycles. The molecule has 3 N–H and O–H groups in total. The summed E-state index contributed by atoms with van der Waals surface area (Å²) in [7, 11) is 0. The maximum Gasteiger partial charge on any atom is 0.115 e. The van der Waals surface area contributed by atoms with Crippen LogP contribution in [0, 0.1) is 0 Å². The Morgan fingerprint density at radius 2 is 2.38 bits per heavy atom. The summed E-state index contributed by atoms with van der Waals surface area (Å²) in [5.41, 5.74) is 1.19. The molecule has 0 aliphatic carbocycles. The number of phenols is 1. The maximum atomic E-state index is 9.33. The van der Waals surface area contributed by atoms with Crippen molar-refractivity contribution in [3.05, 3.63) is 29.8 Å². The van der Waals surface area contributed by atoms with Crippen molar-refractivity contribution in [3.63, 3.8) is 0 Å². The molecule has 0 radical (unpaired) electrons. The van der Waals surface area contributed by atoms with E-state index in [0.717, 1.165) is 26.1 Å². The van der Waals surface area contributed by atoms with Gasteiger partial charge in [-0.1, -0.05) is 12.1 Å². The summed E-state index contributed by atoms with van der Waals surface area (Å²) >= 11 is 0. The number of phenolic OH excluding ortho intramolecular Hbond substituents is 1. The summed E-state index contributed by atoms with van der Waals surface area (Å²) in [6.07, 6.45) is 3.52. The van der Waals surface area contributed by atoms with Crippen LogP contribution in [-0.4, -0.2) is 30.8 Å². The Labute approximate surface area is 96.9 Å². The summed E-state index contributed by atoms with van der Waals surface area (Å²) < 4.78 is 0. The Morgan fingerprint density at radius 3 is 3.12 bits per heavy atom. The van der Waals surface area contributed by atoms with Crippen LogP contribution in [0.5, 0.6) is 5.75 Å². The second-order valence-electron chi connectivity index (χ2n) is 4.42. The average Bonchev–Trinajstić information content (AvgIpc) is 2.30. The minimum Gasteiger partial charge on any atom is -0.508 e. The summed E-state index contributed by atoms with van der Waals surface area (Å²) in [6, 6.07) is 8.11. The Hall–Kier alpha value is -1.06. The van der Waals surface area contributed by atoms with Crippen molar-refractivity contribution < 1.29 is 5.11 Å². The number of piperidine rings is 1. The molecule has 3 nitrogen and oxygen atoms in total. The van der Waals surface area contributed by atoms with E-state index in [-0.39, 0.29) is 0 Å². The molecule has 16 heavy (non-hydrogen) atoms. The van der Waals surface area contributed by atoms with Gasteiger partial charge >= 0.3 is 0 Å². The second kappa shape index (κ2) is 5.87. The third-order valence-electron chi connectivity index (χ3n) is 3.05. The van der Waals surface area contributed by atoms with Gasteiger partial charge in [0.15, 0.2) is 0 Å². The van der Waals surface area contributed by atoms with Crippen molar-refractivity contribution in [2.75, 3.05) is 19.6 Å². The molecule has 0 bridgehead atoms. The first-order valence-electron chi connectivity index (χ1n) is 6.06. The zero-order chi connectivity index (χ0) is 11.2. The predicted molar refractivity (Wildman–Crippen MR) is 65.7 cm³/mol. The normalized spacial score (nSPS) is 20.9. The highest BCUT2D eigenvalue weighted by atomic mass is 16.3. The minimum absolute atomic E-state index is 0.358. The number of hydrogen-bond acceptors (Lipinski definition) is 3. The van der Waals surface area contributed by atoms with Crippen LogP contribution in [-0.2, 0) is 6.42 Å². The molecule has 1 unspecified atom stereocenters. The zero-order valence-corrected chi connectivity index (χ0v) is 9.58. The van der Waals surface area contributed by atoms with Gasteiger partial charge in [-0.3, -0.25) is 0 Å². The van der Waals surface area contributed by atoms with Crippen LogP contribution in [0.3, 0.4) is 0 Å². The lowest BCUT2D eigenvalue weighted by atomic mass is 10.1. The van der Waals surface area contributed by atoms with E-state index >= 15 is 0 Å². The highest BCUT2D eigenvalue weighted by Gasteiger charge is 2.11. The fourth-order valence-corrected chi connectivity index (χ4v) is 2.16. The van der Waals surface area contributed by atoms with Gasteiger partial charge in [0, 0.05) is 12.6 Å². The molecule has 0 saturated carbocycles. The third kappa shape index (κ3) is 3.51. The molecular weight excluding hydrogens is 200 g/mol. The summed E-state index contributed by atoms with van der Waals surface area (Å²) in [6.45, 7) is 3.22. The Balaban J connectivity index is 1.71. The van der Waals surface area contributed by atoms with Crippen molar-refractivity contribution in [3.8, 4) is 5.75 Å². The number of nitrogens with one attached hydrogen (secondary N) is 2. The lowest BCUT2D eigenvalue weighted by Crippen LogP contribution is -2.43. The molecule has 2 rings (SSSR count). The molecule has 0 aromatic heterocycles. The first-order valence-corrected chi connectivity index (χ1v) is 6.06. The minimum atomic E-state index is 0.358. The number of rotatable bonds is 4. The summed E-state index contributed by atoms with van der Waals surface area (Å²) in [4.78, 5) is 0. The summed E-state index contributed by atoms with van der Waals surface area (Å²) in [5, 5.41) is 16.3. The SMILES string of the molecule is Oc1cccc(CCNC2CCCNC2)c1. The van der Waals surface area contributed by atoms with Gasteiger partial charge < -0.3 is 15.7 Å². The van der Waals surface area contributed by atoms with Gasteiger partial charge in [-0.05, 0) is 50.0 Å². The Bertz CT molecular complexity index is 321. The Morgan fingerprint density at radius 1 is 1.44 bits per heavy atom. The van der Waals surface area contributed by atoms with Gasteiger partial charge in [0.25, 0.3) is 0 Å². The first-order chi connectivity index (χ1) is 7.84. The van der Waals surface area contributed by atoms with E-state index in [4.69, 9.17) is 0 Å². The van der Waals surface area contributed by atoms with Gasteiger partial charge in [-0.2, -0.15) is 0 Å². The van der Waals surface area contributed by atoms with Crippen LogP contribution in [0.1, 0.15) is 18.4 Å². The van der Waals surface area contributed by atoms with Crippen LogP contribution < -0.4 is 10.6 Å². The van der Waals surface area contributed by atoms with Crippen LogP contribution in [0.4, 0.5) is 0 Å². The molecule has 1 aliphatic heterocycles. The molecule has 1 aromatic carbocycles. The molecule has 1 aliphatic rings. The van der Waals surface area contributed by atoms with Crippen LogP contribution >= 0.6 is 0 Å². The fourth-order valence-electron chi connectivity index (χ4n) is 2.16. The van der Waals surface area contributed by atoms with E-state index in [0.29, 0.717) is 11.8 Å². The van der Waals surface area contributed by atoms with Crippen LogP contribution in [0.15, 0.2) is 24.3 Å². The maximum absolute atomic E-state index is 9.33. The van der Waals surface area contributed by atoms with Gasteiger partial charge in [-0.25, -0.2) is 0 Å². The average molecular weight is 220 g/mol. The molecule has 0 spiro atoms. The van der Waals surface area contributed by atoms with E-state index in [1.54, 1.807) is 6.07 Å². The van der Waals surface area contributed by atoms with Crippen molar-refractivity contribution in [2.24, 2.45) is 0 Å². The van der Waals surface area contributed by atoms with E-state index in [9.17, 15) is 5.11 Å². The van der Waals surface area contributed by atoms with E-state index < -0.39 is 0 Å². The van der Waals surface area contributed by atoms with Crippen molar-refractivity contribution in [1.29, 1.82) is 0 Å². The summed E-state index contributed by atoms with van der Waals surface area (Å²) in [5.74, 6) is 0.358. The molecule has 88 valence electrons. The van der Waals surface area contributed by atoms with E-state index in [1.807, 2.05) is 12.1 Å². The molecule has 1 aromatic rings. The number of aromatic hydroxyl groups is 1. The molecule has 1 atom stereocenters. The van der Waals surface area contributed by atoms with E-state index in [2.05, 4.69) is 16.7 Å². The lowest BCUT2D eigenvalue weighted by Gasteiger charge is -2.23.